The summed E-state index contributed by atoms with van der Waals surface area (Å²) in [6.07, 6.45) is 1.60. The third kappa shape index (κ3) is 2.02. The fourth-order valence-electron chi connectivity index (χ4n) is 1.61. The SMILES string of the molecule is COC(=O)C1=C(N)C(Cl)C2SC(OC)=NC2=C1. The Morgan fingerprint density at radius 2 is 2.29 bits per heavy atom. The quantitative estimate of drug-likeness (QED) is 0.570. The van der Waals surface area contributed by atoms with Crippen LogP contribution in [-0.2, 0) is 14.3 Å². The van der Waals surface area contributed by atoms with Crippen molar-refractivity contribution >= 4 is 34.6 Å². The first-order chi connectivity index (χ1) is 8.08. The second-order valence-corrected chi connectivity index (χ2v) is 5.01. The molecule has 2 unspecified atom stereocenters. The van der Waals surface area contributed by atoms with Gasteiger partial charge in [-0.2, -0.15) is 0 Å². The summed E-state index contributed by atoms with van der Waals surface area (Å²) in [5, 5.41) is -0.0867. The monoisotopic (exact) mass is 274 g/mol. The van der Waals surface area contributed by atoms with E-state index < -0.39 is 11.3 Å². The molecule has 0 spiro atoms. The van der Waals surface area contributed by atoms with Gasteiger partial charge in [-0.25, -0.2) is 9.79 Å². The first-order valence-electron chi connectivity index (χ1n) is 4.81. The number of aliphatic imine (C=N–C) groups is 1. The van der Waals surface area contributed by atoms with Crippen molar-refractivity contribution in [2.75, 3.05) is 14.2 Å². The van der Waals surface area contributed by atoms with Crippen LogP contribution in [0, 0.1) is 0 Å². The van der Waals surface area contributed by atoms with E-state index in [4.69, 9.17) is 22.1 Å². The van der Waals surface area contributed by atoms with E-state index in [0.29, 0.717) is 16.6 Å². The summed E-state index contributed by atoms with van der Waals surface area (Å²) < 4.78 is 9.69. The lowest BCUT2D eigenvalue weighted by Gasteiger charge is -2.23. The average molecular weight is 275 g/mol. The van der Waals surface area contributed by atoms with E-state index >= 15 is 0 Å². The lowest BCUT2D eigenvalue weighted by molar-refractivity contribution is -0.135. The maximum Gasteiger partial charge on any atom is 0.339 e. The van der Waals surface area contributed by atoms with Crippen LogP contribution in [0.15, 0.2) is 28.0 Å². The van der Waals surface area contributed by atoms with Crippen molar-refractivity contribution in [1.29, 1.82) is 0 Å². The van der Waals surface area contributed by atoms with Gasteiger partial charge in [-0.15, -0.1) is 11.6 Å². The van der Waals surface area contributed by atoms with E-state index in [-0.39, 0.29) is 10.8 Å². The number of carbonyl (C=O) groups excluding carboxylic acids is 1. The maximum absolute atomic E-state index is 11.5. The van der Waals surface area contributed by atoms with Gasteiger partial charge in [0.25, 0.3) is 5.23 Å². The number of esters is 1. The predicted molar refractivity (Wildman–Crippen MR) is 66.8 cm³/mol. The van der Waals surface area contributed by atoms with Crippen molar-refractivity contribution in [3.05, 3.63) is 23.0 Å². The zero-order chi connectivity index (χ0) is 12.6. The zero-order valence-electron chi connectivity index (χ0n) is 9.27. The minimum absolute atomic E-state index is 0.111. The lowest BCUT2D eigenvalue weighted by Crippen LogP contribution is -2.31. The Labute approximate surface area is 108 Å². The molecule has 0 radical (unpaired) electrons. The van der Waals surface area contributed by atoms with Gasteiger partial charge in [-0.3, -0.25) is 0 Å². The van der Waals surface area contributed by atoms with Crippen molar-refractivity contribution in [2.45, 2.75) is 10.6 Å². The van der Waals surface area contributed by atoms with E-state index in [1.807, 2.05) is 0 Å². The number of nitrogens with two attached hydrogens (primary N) is 1. The molecule has 7 heteroatoms. The molecule has 1 aliphatic heterocycles. The molecule has 0 bridgehead atoms. The first-order valence-corrected chi connectivity index (χ1v) is 6.13. The van der Waals surface area contributed by atoms with Crippen LogP contribution in [0.2, 0.25) is 0 Å². The fourth-order valence-corrected chi connectivity index (χ4v) is 2.99. The van der Waals surface area contributed by atoms with Crippen molar-refractivity contribution in [1.82, 2.24) is 0 Å². The highest BCUT2D eigenvalue weighted by Crippen LogP contribution is 2.40. The van der Waals surface area contributed by atoms with Crippen LogP contribution in [0.5, 0.6) is 0 Å². The van der Waals surface area contributed by atoms with E-state index in [1.54, 1.807) is 6.08 Å². The predicted octanol–water partition coefficient (Wildman–Crippen LogP) is 0.995. The van der Waals surface area contributed by atoms with Crippen LogP contribution in [0.25, 0.3) is 0 Å². The number of carbonyl (C=O) groups is 1. The number of rotatable bonds is 1. The zero-order valence-corrected chi connectivity index (χ0v) is 10.8. The van der Waals surface area contributed by atoms with Gasteiger partial charge in [0.05, 0.1) is 36.1 Å². The van der Waals surface area contributed by atoms with Crippen LogP contribution in [0.3, 0.4) is 0 Å². The normalized spacial score (nSPS) is 27.2. The summed E-state index contributed by atoms with van der Waals surface area (Å²) in [5.74, 6) is -0.509. The largest absolute Gasteiger partial charge is 0.476 e. The molecule has 1 aliphatic carbocycles. The van der Waals surface area contributed by atoms with Crippen LogP contribution < -0.4 is 5.73 Å². The van der Waals surface area contributed by atoms with Crippen LogP contribution >= 0.6 is 23.4 Å². The topological polar surface area (TPSA) is 73.9 Å². The van der Waals surface area contributed by atoms with Crippen LogP contribution in [-0.4, -0.2) is 36.0 Å². The number of fused-ring (bicyclic) bond motifs is 1. The van der Waals surface area contributed by atoms with Gasteiger partial charge in [-0.05, 0) is 6.08 Å². The standard InChI is InChI=1S/C10H11ClN2O3S/c1-15-9(14)4-3-5-8(6(11)7(4)12)17-10(13-5)16-2/h3,6,8H,12H2,1-2H3. The molecule has 5 nitrogen and oxygen atoms in total. The molecular formula is C10H11ClN2O3S. The van der Waals surface area contributed by atoms with Crippen molar-refractivity contribution in [2.24, 2.45) is 10.7 Å². The smallest absolute Gasteiger partial charge is 0.339 e. The van der Waals surface area contributed by atoms with Gasteiger partial charge in [-0.1, -0.05) is 11.8 Å². The van der Waals surface area contributed by atoms with Crippen LogP contribution in [0.4, 0.5) is 0 Å². The molecule has 0 aromatic rings. The number of nitrogens with zero attached hydrogens (tertiary/aromatic N) is 1. The second kappa shape index (κ2) is 4.62. The third-order valence-corrected chi connectivity index (χ3v) is 4.35. The number of thioether (sulfide) groups is 1. The van der Waals surface area contributed by atoms with E-state index in [1.165, 1.54) is 26.0 Å². The summed E-state index contributed by atoms with van der Waals surface area (Å²) in [7, 11) is 2.83. The van der Waals surface area contributed by atoms with Gasteiger partial charge < -0.3 is 15.2 Å². The van der Waals surface area contributed by atoms with Crippen molar-refractivity contribution in [3.63, 3.8) is 0 Å². The molecular weight excluding hydrogens is 264 g/mol. The molecule has 2 atom stereocenters. The van der Waals surface area contributed by atoms with Gasteiger partial charge in [0.15, 0.2) is 0 Å². The highest BCUT2D eigenvalue weighted by atomic mass is 35.5. The second-order valence-electron chi connectivity index (χ2n) is 3.45. The molecule has 2 rings (SSSR count). The number of allylic oxidation sites excluding steroid dienone is 1. The molecule has 0 fully saturated rings. The third-order valence-electron chi connectivity index (χ3n) is 2.49. The fraction of sp³-hybridized carbons (Fsp3) is 0.400. The molecule has 92 valence electrons. The Morgan fingerprint density at radius 1 is 1.59 bits per heavy atom. The molecule has 17 heavy (non-hydrogen) atoms. The maximum atomic E-state index is 11.5. The lowest BCUT2D eigenvalue weighted by atomic mass is 10.0. The molecule has 0 saturated carbocycles. The molecule has 2 aliphatic rings. The molecule has 0 amide bonds. The Balaban J connectivity index is 2.39. The van der Waals surface area contributed by atoms with Crippen LogP contribution in [0.1, 0.15) is 0 Å². The number of hydrogen-bond donors (Lipinski definition) is 1. The molecule has 0 saturated heterocycles. The number of alkyl halides is 1. The van der Waals surface area contributed by atoms with Gasteiger partial charge in [0.1, 0.15) is 0 Å². The van der Waals surface area contributed by atoms with Gasteiger partial charge in [0, 0.05) is 5.70 Å². The van der Waals surface area contributed by atoms with E-state index in [0.717, 1.165) is 0 Å². The summed E-state index contributed by atoms with van der Waals surface area (Å²) in [5.41, 5.74) is 7.10. The van der Waals surface area contributed by atoms with Crippen molar-refractivity contribution < 1.29 is 14.3 Å². The number of hydrogen-bond acceptors (Lipinski definition) is 6. The number of methoxy groups -OCH3 is 2. The summed E-state index contributed by atoms with van der Waals surface area (Å²) in [4.78, 5) is 15.7. The van der Waals surface area contributed by atoms with E-state index in [2.05, 4.69) is 9.73 Å². The Kier molecular flexibility index (Phi) is 3.35. The number of ether oxygens (including phenoxy) is 2. The van der Waals surface area contributed by atoms with Gasteiger partial charge >= 0.3 is 5.97 Å². The Morgan fingerprint density at radius 3 is 2.88 bits per heavy atom. The van der Waals surface area contributed by atoms with E-state index in [9.17, 15) is 4.79 Å². The number of halogens is 1. The first kappa shape index (κ1) is 12.3. The highest BCUT2D eigenvalue weighted by molar-refractivity contribution is 8.14. The van der Waals surface area contributed by atoms with Crippen molar-refractivity contribution in [3.8, 4) is 0 Å². The highest BCUT2D eigenvalue weighted by Gasteiger charge is 2.38. The summed E-state index contributed by atoms with van der Waals surface area (Å²) in [6, 6.07) is 0. The molecule has 0 aromatic heterocycles. The minimum Gasteiger partial charge on any atom is -0.476 e. The Hall–Kier alpha value is -1.14. The Bertz CT molecular complexity index is 458. The van der Waals surface area contributed by atoms with Gasteiger partial charge in [0.2, 0.25) is 0 Å². The summed E-state index contributed by atoms with van der Waals surface area (Å²) in [6.45, 7) is 0. The molecule has 2 N–H and O–H groups in total. The minimum atomic E-state index is -0.509. The average Bonchev–Trinajstić information content (AvgIpc) is 2.76. The summed E-state index contributed by atoms with van der Waals surface area (Å²) >= 11 is 7.59. The molecule has 1 heterocycles. The molecule has 0 aromatic carbocycles.